The predicted molar refractivity (Wildman–Crippen MR) is 73.2 cm³/mol. The molecule has 0 saturated carbocycles. The van der Waals surface area contributed by atoms with Crippen LogP contribution in [0.4, 0.5) is 0 Å². The van der Waals surface area contributed by atoms with Gasteiger partial charge in [0, 0.05) is 20.5 Å². The van der Waals surface area contributed by atoms with Gasteiger partial charge in [-0.05, 0) is 40.5 Å². The fourth-order valence-corrected chi connectivity index (χ4v) is 2.80. The molecule has 0 unspecified atom stereocenters. The molecule has 0 spiro atoms. The highest BCUT2D eigenvalue weighted by Gasteiger charge is 2.15. The number of rotatable bonds is 1. The second-order valence-corrected chi connectivity index (χ2v) is 5.30. The van der Waals surface area contributed by atoms with E-state index in [1.807, 2.05) is 19.1 Å². The van der Waals surface area contributed by atoms with Crippen LogP contribution in [-0.4, -0.2) is 18.1 Å². The van der Waals surface area contributed by atoms with Crippen molar-refractivity contribution >= 4 is 48.7 Å². The van der Waals surface area contributed by atoms with Crippen LogP contribution in [0.25, 0.3) is 10.9 Å². The second kappa shape index (κ2) is 4.74. The van der Waals surface area contributed by atoms with Gasteiger partial charge in [0.2, 0.25) is 0 Å². The number of esters is 1. The molecule has 88 valence electrons. The summed E-state index contributed by atoms with van der Waals surface area (Å²) in [7, 11) is 1.35. The molecule has 0 atom stereocenters. The van der Waals surface area contributed by atoms with Crippen molar-refractivity contribution in [1.29, 1.82) is 0 Å². The fourth-order valence-electron chi connectivity index (χ4n) is 1.66. The zero-order chi connectivity index (χ0) is 12.6. The number of carbonyl (C=O) groups is 1. The summed E-state index contributed by atoms with van der Waals surface area (Å²) in [5.74, 6) is -0.399. The molecular formula is C12H9Br2NO2. The van der Waals surface area contributed by atoms with E-state index in [9.17, 15) is 4.79 Å². The summed E-state index contributed by atoms with van der Waals surface area (Å²) < 4.78 is 6.36. The fraction of sp³-hybridized carbons (Fsp3) is 0.167. The standard InChI is InChI=1S/C12H9Br2NO2/c1-6-3-7(13)4-8-10(14)9(12(16)17-2)5-15-11(6)8/h3-5H,1-2H3. The molecule has 0 fully saturated rings. The molecule has 5 heteroatoms. The smallest absolute Gasteiger partial charge is 0.340 e. The highest BCUT2D eigenvalue weighted by atomic mass is 79.9. The van der Waals surface area contributed by atoms with E-state index in [1.165, 1.54) is 13.3 Å². The summed E-state index contributed by atoms with van der Waals surface area (Å²) in [6.07, 6.45) is 1.53. The van der Waals surface area contributed by atoms with Crippen molar-refractivity contribution in [3.63, 3.8) is 0 Å². The van der Waals surface area contributed by atoms with Crippen LogP contribution in [0.15, 0.2) is 27.3 Å². The summed E-state index contributed by atoms with van der Waals surface area (Å²) >= 11 is 6.86. The van der Waals surface area contributed by atoms with Gasteiger partial charge < -0.3 is 4.74 Å². The third-order valence-electron chi connectivity index (χ3n) is 2.47. The Kier molecular flexibility index (Phi) is 3.49. The van der Waals surface area contributed by atoms with Gasteiger partial charge in [-0.1, -0.05) is 15.9 Å². The first-order valence-electron chi connectivity index (χ1n) is 4.87. The van der Waals surface area contributed by atoms with E-state index in [0.717, 1.165) is 20.9 Å². The molecular weight excluding hydrogens is 350 g/mol. The zero-order valence-corrected chi connectivity index (χ0v) is 12.4. The molecule has 17 heavy (non-hydrogen) atoms. The largest absolute Gasteiger partial charge is 0.465 e. The van der Waals surface area contributed by atoms with Crippen molar-refractivity contribution in [2.45, 2.75) is 6.92 Å². The SMILES string of the molecule is COC(=O)c1cnc2c(C)cc(Br)cc2c1Br. The van der Waals surface area contributed by atoms with E-state index in [2.05, 4.69) is 36.8 Å². The quantitative estimate of drug-likeness (QED) is 0.726. The van der Waals surface area contributed by atoms with E-state index in [1.54, 1.807) is 0 Å². The monoisotopic (exact) mass is 357 g/mol. The second-order valence-electron chi connectivity index (χ2n) is 3.60. The molecule has 0 amide bonds. The van der Waals surface area contributed by atoms with Crippen molar-refractivity contribution < 1.29 is 9.53 Å². The number of halogens is 2. The molecule has 2 rings (SSSR count). The molecule has 1 aromatic carbocycles. The highest BCUT2D eigenvalue weighted by Crippen LogP contribution is 2.31. The number of hydrogen-bond acceptors (Lipinski definition) is 3. The maximum Gasteiger partial charge on any atom is 0.340 e. The van der Waals surface area contributed by atoms with E-state index in [4.69, 9.17) is 4.74 Å². The van der Waals surface area contributed by atoms with Crippen molar-refractivity contribution in [3.8, 4) is 0 Å². The number of benzene rings is 1. The maximum absolute atomic E-state index is 11.5. The van der Waals surface area contributed by atoms with Gasteiger partial charge in [-0.3, -0.25) is 4.98 Å². The molecule has 0 bridgehead atoms. The summed E-state index contributed by atoms with van der Waals surface area (Å²) in [5, 5.41) is 0.889. The Labute approximate surface area is 115 Å². The summed E-state index contributed by atoms with van der Waals surface area (Å²) in [5.41, 5.74) is 2.34. The van der Waals surface area contributed by atoms with Crippen LogP contribution in [0.5, 0.6) is 0 Å². The Bertz CT molecular complexity index is 611. The highest BCUT2D eigenvalue weighted by molar-refractivity contribution is 9.11. The number of aryl methyl sites for hydroxylation is 1. The Morgan fingerprint density at radius 2 is 2.06 bits per heavy atom. The van der Waals surface area contributed by atoms with Gasteiger partial charge in [0.15, 0.2) is 0 Å². The number of fused-ring (bicyclic) bond motifs is 1. The molecule has 1 heterocycles. The van der Waals surface area contributed by atoms with Crippen molar-refractivity contribution in [2.24, 2.45) is 0 Å². The molecule has 0 aliphatic heterocycles. The van der Waals surface area contributed by atoms with Crippen LogP contribution in [0.3, 0.4) is 0 Å². The average molecular weight is 359 g/mol. The van der Waals surface area contributed by atoms with Crippen LogP contribution in [0.1, 0.15) is 15.9 Å². The molecule has 0 N–H and O–H groups in total. The predicted octanol–water partition coefficient (Wildman–Crippen LogP) is 3.85. The Morgan fingerprint density at radius 3 is 2.71 bits per heavy atom. The van der Waals surface area contributed by atoms with Crippen molar-refractivity contribution in [2.75, 3.05) is 7.11 Å². The molecule has 0 aliphatic rings. The number of hydrogen-bond donors (Lipinski definition) is 0. The number of carbonyl (C=O) groups excluding carboxylic acids is 1. The van der Waals surface area contributed by atoms with Gasteiger partial charge >= 0.3 is 5.97 Å². The van der Waals surface area contributed by atoms with Crippen LogP contribution >= 0.6 is 31.9 Å². The summed E-state index contributed by atoms with van der Waals surface area (Å²) in [6, 6.07) is 3.91. The van der Waals surface area contributed by atoms with Gasteiger partial charge in [-0.25, -0.2) is 4.79 Å². The minimum atomic E-state index is -0.399. The number of methoxy groups -OCH3 is 1. The lowest BCUT2D eigenvalue weighted by Gasteiger charge is -2.08. The van der Waals surface area contributed by atoms with E-state index in [0.29, 0.717) is 10.0 Å². The average Bonchev–Trinajstić information content (AvgIpc) is 2.29. The topological polar surface area (TPSA) is 39.2 Å². The molecule has 0 saturated heterocycles. The van der Waals surface area contributed by atoms with E-state index < -0.39 is 5.97 Å². The zero-order valence-electron chi connectivity index (χ0n) is 9.25. The van der Waals surface area contributed by atoms with Crippen molar-refractivity contribution in [3.05, 3.63) is 38.4 Å². The number of pyridine rings is 1. The molecule has 0 aliphatic carbocycles. The molecule has 0 radical (unpaired) electrons. The maximum atomic E-state index is 11.5. The number of ether oxygens (including phenoxy) is 1. The lowest BCUT2D eigenvalue weighted by molar-refractivity contribution is 0.0599. The Morgan fingerprint density at radius 1 is 1.35 bits per heavy atom. The summed E-state index contributed by atoms with van der Waals surface area (Å²) in [4.78, 5) is 15.8. The minimum absolute atomic E-state index is 0.399. The normalized spacial score (nSPS) is 10.6. The molecule has 3 nitrogen and oxygen atoms in total. The van der Waals surface area contributed by atoms with Gasteiger partial charge in [-0.2, -0.15) is 0 Å². The van der Waals surface area contributed by atoms with Gasteiger partial charge in [0.1, 0.15) is 0 Å². The first-order chi connectivity index (χ1) is 8.04. The number of aromatic nitrogens is 1. The van der Waals surface area contributed by atoms with Crippen LogP contribution in [0, 0.1) is 6.92 Å². The third kappa shape index (κ3) is 2.21. The van der Waals surface area contributed by atoms with Gasteiger partial charge in [0.25, 0.3) is 0 Å². The Balaban J connectivity index is 2.79. The summed E-state index contributed by atoms with van der Waals surface area (Å²) in [6.45, 7) is 1.98. The Hall–Kier alpha value is -0.940. The number of nitrogens with zero attached hydrogens (tertiary/aromatic N) is 1. The molecule has 1 aromatic heterocycles. The first-order valence-corrected chi connectivity index (χ1v) is 6.46. The minimum Gasteiger partial charge on any atom is -0.465 e. The van der Waals surface area contributed by atoms with E-state index in [-0.39, 0.29) is 0 Å². The lowest BCUT2D eigenvalue weighted by atomic mass is 10.1. The van der Waals surface area contributed by atoms with Crippen LogP contribution in [-0.2, 0) is 4.74 Å². The first kappa shape index (κ1) is 12.5. The van der Waals surface area contributed by atoms with Crippen molar-refractivity contribution in [1.82, 2.24) is 4.98 Å². The van der Waals surface area contributed by atoms with Gasteiger partial charge in [0.05, 0.1) is 18.2 Å². The molecule has 2 aromatic rings. The third-order valence-corrected chi connectivity index (χ3v) is 3.78. The lowest BCUT2D eigenvalue weighted by Crippen LogP contribution is -2.03. The van der Waals surface area contributed by atoms with Crippen LogP contribution < -0.4 is 0 Å². The van der Waals surface area contributed by atoms with Crippen LogP contribution in [0.2, 0.25) is 0 Å². The van der Waals surface area contributed by atoms with E-state index >= 15 is 0 Å². The van der Waals surface area contributed by atoms with Gasteiger partial charge in [-0.15, -0.1) is 0 Å².